The fourth-order valence-electron chi connectivity index (χ4n) is 1.79. The van der Waals surface area contributed by atoms with Gasteiger partial charge in [0, 0.05) is 25.4 Å². The van der Waals surface area contributed by atoms with Gasteiger partial charge in [0.15, 0.2) is 0 Å². The zero-order valence-corrected chi connectivity index (χ0v) is 13.8. The molecule has 0 saturated heterocycles. The fourth-order valence-corrected chi connectivity index (χ4v) is 1.79. The zero-order chi connectivity index (χ0) is 16.4. The first-order chi connectivity index (χ1) is 9.73. The van der Waals surface area contributed by atoms with Crippen LogP contribution < -0.4 is 16.0 Å². The minimum Gasteiger partial charge on any atom is -0.356 e. The average Bonchev–Trinajstić information content (AvgIpc) is 2.35. The first kappa shape index (κ1) is 19.4. The van der Waals surface area contributed by atoms with Gasteiger partial charge >= 0.3 is 0 Å². The third kappa shape index (κ3) is 9.87. The van der Waals surface area contributed by atoms with Crippen LogP contribution in [0.25, 0.3) is 0 Å². The minimum absolute atomic E-state index is 0.0195. The molecule has 6 heteroatoms. The summed E-state index contributed by atoms with van der Waals surface area (Å²) >= 11 is 0. The summed E-state index contributed by atoms with van der Waals surface area (Å²) in [6.07, 6.45) is 2.11. The topological polar surface area (TPSA) is 87.3 Å². The number of nitrogens with one attached hydrogen (secondary N) is 3. The Morgan fingerprint density at radius 2 is 1.52 bits per heavy atom. The lowest BCUT2D eigenvalue weighted by molar-refractivity contribution is -0.128. The Balaban J connectivity index is 4.10. The van der Waals surface area contributed by atoms with Gasteiger partial charge in [-0.25, -0.2) is 0 Å². The molecule has 0 bridgehead atoms. The van der Waals surface area contributed by atoms with Crippen LogP contribution >= 0.6 is 0 Å². The van der Waals surface area contributed by atoms with Gasteiger partial charge in [-0.1, -0.05) is 13.8 Å². The van der Waals surface area contributed by atoms with Crippen molar-refractivity contribution >= 4 is 17.7 Å². The van der Waals surface area contributed by atoms with Crippen LogP contribution in [0.2, 0.25) is 0 Å². The molecule has 3 amide bonds. The summed E-state index contributed by atoms with van der Waals surface area (Å²) in [4.78, 5) is 34.5. The molecule has 0 aliphatic carbocycles. The van der Waals surface area contributed by atoms with Gasteiger partial charge in [0.25, 0.3) is 0 Å². The van der Waals surface area contributed by atoms with Gasteiger partial charge in [0.2, 0.25) is 17.7 Å². The zero-order valence-electron chi connectivity index (χ0n) is 13.8. The van der Waals surface area contributed by atoms with E-state index < -0.39 is 6.04 Å². The van der Waals surface area contributed by atoms with Gasteiger partial charge in [0.05, 0.1) is 0 Å². The summed E-state index contributed by atoms with van der Waals surface area (Å²) in [6.45, 7) is 9.44. The van der Waals surface area contributed by atoms with Gasteiger partial charge < -0.3 is 16.0 Å². The molecule has 1 atom stereocenters. The van der Waals surface area contributed by atoms with Crippen molar-refractivity contribution in [1.82, 2.24) is 16.0 Å². The van der Waals surface area contributed by atoms with Gasteiger partial charge in [-0.2, -0.15) is 0 Å². The highest BCUT2D eigenvalue weighted by molar-refractivity contribution is 5.86. The molecular weight excluding hydrogens is 270 g/mol. The van der Waals surface area contributed by atoms with Gasteiger partial charge in [0.1, 0.15) is 6.04 Å². The van der Waals surface area contributed by atoms with E-state index in [0.717, 1.165) is 12.8 Å². The van der Waals surface area contributed by atoms with Crippen LogP contribution in [0, 0.1) is 5.92 Å². The van der Waals surface area contributed by atoms with E-state index in [1.54, 1.807) is 0 Å². The molecule has 0 spiro atoms. The predicted molar refractivity (Wildman–Crippen MR) is 82.6 cm³/mol. The minimum atomic E-state index is -0.509. The van der Waals surface area contributed by atoms with E-state index in [2.05, 4.69) is 16.0 Å². The number of amides is 3. The van der Waals surface area contributed by atoms with Gasteiger partial charge in [-0.3, -0.25) is 14.4 Å². The lowest BCUT2D eigenvalue weighted by atomic mass is 10.1. The molecule has 0 aliphatic rings. The normalized spacial score (nSPS) is 12.1. The number of hydrogen-bond acceptors (Lipinski definition) is 3. The first-order valence-electron chi connectivity index (χ1n) is 7.59. The predicted octanol–water partition coefficient (Wildman–Crippen LogP) is 0.958. The van der Waals surface area contributed by atoms with Crippen molar-refractivity contribution < 1.29 is 14.4 Å². The number of hydrogen-bond donors (Lipinski definition) is 3. The molecule has 0 rings (SSSR count). The van der Waals surface area contributed by atoms with E-state index in [0.29, 0.717) is 13.0 Å². The summed E-state index contributed by atoms with van der Waals surface area (Å²) in [5.74, 6) is -0.363. The molecule has 0 saturated carbocycles. The van der Waals surface area contributed by atoms with Crippen molar-refractivity contribution in [3.63, 3.8) is 0 Å². The maximum Gasteiger partial charge on any atom is 0.242 e. The maximum atomic E-state index is 12.0. The highest BCUT2D eigenvalue weighted by Gasteiger charge is 2.19. The van der Waals surface area contributed by atoms with Crippen molar-refractivity contribution in [1.29, 1.82) is 0 Å². The van der Waals surface area contributed by atoms with E-state index in [4.69, 9.17) is 0 Å². The lowest BCUT2D eigenvalue weighted by Gasteiger charge is -2.19. The van der Waals surface area contributed by atoms with Crippen LogP contribution in [0.4, 0.5) is 0 Å². The highest BCUT2D eigenvalue weighted by atomic mass is 16.2. The van der Waals surface area contributed by atoms with E-state index in [1.165, 1.54) is 6.92 Å². The molecular formula is C15H29N3O3. The Bertz CT molecular complexity index is 354. The van der Waals surface area contributed by atoms with Crippen molar-refractivity contribution in [3.8, 4) is 0 Å². The Morgan fingerprint density at radius 3 is 2.00 bits per heavy atom. The van der Waals surface area contributed by atoms with Crippen LogP contribution in [-0.2, 0) is 14.4 Å². The monoisotopic (exact) mass is 299 g/mol. The molecule has 0 radical (unpaired) electrons. The first-order valence-corrected chi connectivity index (χ1v) is 7.59. The molecule has 1 unspecified atom stereocenters. The number of carbonyl (C=O) groups is 3. The standard InChI is InChI=1S/C15H29N3O3/c1-10(2)14(20)16-9-7-6-8-13(18-12(5)19)15(21)17-11(3)4/h10-11,13H,6-9H2,1-5H3,(H,16,20)(H,17,21)(H,18,19). The number of carbonyl (C=O) groups excluding carboxylic acids is 3. The largest absolute Gasteiger partial charge is 0.356 e. The molecule has 3 N–H and O–H groups in total. The third-order valence-corrected chi connectivity index (χ3v) is 2.87. The van der Waals surface area contributed by atoms with Gasteiger partial charge in [-0.15, -0.1) is 0 Å². The van der Waals surface area contributed by atoms with Crippen LogP contribution in [-0.4, -0.2) is 36.3 Å². The summed E-state index contributed by atoms with van der Waals surface area (Å²) in [7, 11) is 0. The lowest BCUT2D eigenvalue weighted by Crippen LogP contribution is -2.48. The van der Waals surface area contributed by atoms with E-state index >= 15 is 0 Å². The summed E-state index contributed by atoms with van der Waals surface area (Å²) < 4.78 is 0. The molecule has 0 aromatic rings. The average molecular weight is 299 g/mol. The second-order valence-corrected chi connectivity index (χ2v) is 5.86. The Hall–Kier alpha value is -1.59. The van der Waals surface area contributed by atoms with Crippen LogP contribution in [0.5, 0.6) is 0 Å². The molecule has 0 aromatic carbocycles. The van der Waals surface area contributed by atoms with E-state index in [1.807, 2.05) is 27.7 Å². The molecule has 122 valence electrons. The maximum absolute atomic E-state index is 12.0. The molecule has 21 heavy (non-hydrogen) atoms. The van der Waals surface area contributed by atoms with Crippen LogP contribution in [0.1, 0.15) is 53.9 Å². The molecule has 0 heterocycles. The summed E-state index contributed by atoms with van der Waals surface area (Å²) in [6, 6.07) is -0.468. The fraction of sp³-hybridized carbons (Fsp3) is 0.800. The van der Waals surface area contributed by atoms with E-state index in [-0.39, 0.29) is 29.7 Å². The Labute approximate surface area is 127 Å². The SMILES string of the molecule is CC(=O)NC(CCCCNC(=O)C(C)C)C(=O)NC(C)C. The quantitative estimate of drug-likeness (QED) is 0.554. The van der Waals surface area contributed by atoms with Crippen LogP contribution in [0.3, 0.4) is 0 Å². The van der Waals surface area contributed by atoms with Crippen molar-refractivity contribution in [3.05, 3.63) is 0 Å². The molecule has 0 aliphatic heterocycles. The second-order valence-electron chi connectivity index (χ2n) is 5.86. The molecule has 6 nitrogen and oxygen atoms in total. The van der Waals surface area contributed by atoms with Crippen molar-refractivity contribution in [2.24, 2.45) is 5.92 Å². The van der Waals surface area contributed by atoms with Crippen molar-refractivity contribution in [2.75, 3.05) is 6.54 Å². The second kappa shape index (κ2) is 10.2. The Kier molecular flexibility index (Phi) is 9.41. The number of rotatable bonds is 9. The summed E-state index contributed by atoms with van der Waals surface area (Å²) in [5, 5.41) is 8.29. The van der Waals surface area contributed by atoms with Crippen LogP contribution in [0.15, 0.2) is 0 Å². The van der Waals surface area contributed by atoms with Gasteiger partial charge in [-0.05, 0) is 33.1 Å². The Morgan fingerprint density at radius 1 is 0.905 bits per heavy atom. The smallest absolute Gasteiger partial charge is 0.242 e. The van der Waals surface area contributed by atoms with E-state index in [9.17, 15) is 14.4 Å². The summed E-state index contributed by atoms with van der Waals surface area (Å²) in [5.41, 5.74) is 0. The third-order valence-electron chi connectivity index (χ3n) is 2.87. The molecule has 0 fully saturated rings. The highest BCUT2D eigenvalue weighted by Crippen LogP contribution is 2.02. The molecule has 0 aromatic heterocycles. The van der Waals surface area contributed by atoms with Crippen molar-refractivity contribution in [2.45, 2.75) is 66.0 Å². The number of unbranched alkanes of at least 4 members (excludes halogenated alkanes) is 1.